The van der Waals surface area contributed by atoms with E-state index in [1.165, 1.54) is 6.07 Å². The number of benzene rings is 1. The predicted molar refractivity (Wildman–Crippen MR) is 64.3 cm³/mol. The highest BCUT2D eigenvalue weighted by Gasteiger charge is 2.17. The van der Waals surface area contributed by atoms with E-state index in [0.29, 0.717) is 4.47 Å². The minimum absolute atomic E-state index is 0.0209. The quantitative estimate of drug-likeness (QED) is 0.769. The molecule has 0 spiro atoms. The van der Waals surface area contributed by atoms with Crippen molar-refractivity contribution in [2.24, 2.45) is 5.73 Å². The van der Waals surface area contributed by atoms with Gasteiger partial charge in [0.05, 0.1) is 4.90 Å². The second kappa shape index (κ2) is 5.58. The Morgan fingerprint density at radius 3 is 2.71 bits per heavy atom. The molecule has 0 aliphatic heterocycles. The van der Waals surface area contributed by atoms with Crippen LogP contribution in [0, 0.1) is 6.92 Å². The normalized spacial score (nSPS) is 11.4. The van der Waals surface area contributed by atoms with Crippen molar-refractivity contribution in [3.8, 4) is 0 Å². The van der Waals surface area contributed by atoms with Gasteiger partial charge in [0.25, 0.3) is 10.0 Å². The summed E-state index contributed by atoms with van der Waals surface area (Å²) in [5.41, 5.74) is 5.71. The first-order valence-electron chi connectivity index (χ1n) is 4.51. The number of carbonyl (C=O) groups is 1. The molecule has 0 bridgehead atoms. The molecule has 1 amide bonds. The lowest BCUT2D eigenvalue weighted by atomic mass is 10.2. The zero-order valence-electron chi connectivity index (χ0n) is 8.94. The largest absolute Gasteiger partial charge is 0.368 e. The third-order valence-electron chi connectivity index (χ3n) is 1.76. The number of sulfonamides is 1. The summed E-state index contributed by atoms with van der Waals surface area (Å²) in [4.78, 5) is 16.7. The van der Waals surface area contributed by atoms with Gasteiger partial charge in [0.15, 0.2) is 0 Å². The van der Waals surface area contributed by atoms with Crippen LogP contribution in [0.1, 0.15) is 5.56 Å². The van der Waals surface area contributed by atoms with Crippen LogP contribution in [0.3, 0.4) is 0 Å². The molecule has 0 aromatic heterocycles. The molecule has 94 valence electrons. The van der Waals surface area contributed by atoms with E-state index in [1.54, 1.807) is 12.1 Å². The number of nitrogens with two attached hydrogens (primary N) is 1. The molecule has 1 aromatic rings. The molecule has 1 aromatic carbocycles. The Morgan fingerprint density at radius 2 is 2.18 bits per heavy atom. The molecule has 3 N–H and O–H groups in total. The van der Waals surface area contributed by atoms with Crippen LogP contribution in [-0.2, 0) is 19.7 Å². The molecule has 0 radical (unpaired) electrons. The first-order valence-corrected chi connectivity index (χ1v) is 6.78. The van der Waals surface area contributed by atoms with Crippen LogP contribution in [0.2, 0.25) is 0 Å². The van der Waals surface area contributed by atoms with Gasteiger partial charge in [-0.3, -0.25) is 9.63 Å². The van der Waals surface area contributed by atoms with Gasteiger partial charge in [-0.15, -0.1) is 0 Å². The van der Waals surface area contributed by atoms with Gasteiger partial charge >= 0.3 is 0 Å². The standard InChI is InChI=1S/C9H11BrN2O4S/c1-6-2-3-8(7(10)4-6)17(14,15)12-16-5-9(11)13/h2-4,12H,5H2,1H3,(H2,11,13). The average Bonchev–Trinajstić information content (AvgIpc) is 2.15. The van der Waals surface area contributed by atoms with Crippen molar-refractivity contribution in [3.63, 3.8) is 0 Å². The Morgan fingerprint density at radius 1 is 1.53 bits per heavy atom. The molecule has 0 fully saturated rings. The van der Waals surface area contributed by atoms with E-state index in [9.17, 15) is 13.2 Å². The van der Waals surface area contributed by atoms with Crippen LogP contribution in [0.5, 0.6) is 0 Å². The summed E-state index contributed by atoms with van der Waals surface area (Å²) in [5.74, 6) is -0.768. The van der Waals surface area contributed by atoms with Gasteiger partial charge in [0.2, 0.25) is 5.91 Å². The molecule has 0 heterocycles. The number of nitrogens with one attached hydrogen (secondary N) is 1. The molecule has 0 saturated carbocycles. The monoisotopic (exact) mass is 322 g/mol. The highest BCUT2D eigenvalue weighted by atomic mass is 79.9. The number of primary amides is 1. The fourth-order valence-corrected chi connectivity index (χ4v) is 3.05. The maximum atomic E-state index is 11.7. The van der Waals surface area contributed by atoms with E-state index in [2.05, 4.69) is 20.8 Å². The summed E-state index contributed by atoms with van der Waals surface area (Å²) in [7, 11) is -3.83. The molecule has 17 heavy (non-hydrogen) atoms. The Labute approximate surface area is 107 Å². The van der Waals surface area contributed by atoms with Crippen LogP contribution in [0.4, 0.5) is 0 Å². The van der Waals surface area contributed by atoms with Gasteiger partial charge < -0.3 is 5.73 Å². The fourth-order valence-electron chi connectivity index (χ4n) is 1.05. The summed E-state index contributed by atoms with van der Waals surface area (Å²) < 4.78 is 23.9. The lowest BCUT2D eigenvalue weighted by Crippen LogP contribution is -2.29. The lowest BCUT2D eigenvalue weighted by molar-refractivity contribution is -0.123. The van der Waals surface area contributed by atoms with E-state index in [0.717, 1.165) is 5.56 Å². The van der Waals surface area contributed by atoms with Gasteiger partial charge in [-0.05, 0) is 40.5 Å². The number of hydrogen-bond acceptors (Lipinski definition) is 4. The number of aryl methyl sites for hydroxylation is 1. The van der Waals surface area contributed by atoms with Crippen molar-refractivity contribution < 1.29 is 18.0 Å². The minimum atomic E-state index is -3.83. The Kier molecular flexibility index (Phi) is 4.63. The van der Waals surface area contributed by atoms with Crippen LogP contribution >= 0.6 is 15.9 Å². The van der Waals surface area contributed by atoms with Crippen molar-refractivity contribution in [1.82, 2.24) is 4.89 Å². The van der Waals surface area contributed by atoms with Crippen LogP contribution < -0.4 is 10.6 Å². The average molecular weight is 323 g/mol. The highest BCUT2D eigenvalue weighted by molar-refractivity contribution is 9.10. The summed E-state index contributed by atoms with van der Waals surface area (Å²) in [6.45, 7) is 1.31. The van der Waals surface area contributed by atoms with Crippen molar-refractivity contribution in [1.29, 1.82) is 0 Å². The summed E-state index contributed by atoms with van der Waals surface area (Å²) in [6.07, 6.45) is 0. The second-order valence-electron chi connectivity index (χ2n) is 3.28. The number of halogens is 1. The third kappa shape index (κ3) is 4.08. The lowest BCUT2D eigenvalue weighted by Gasteiger charge is -2.08. The third-order valence-corrected chi connectivity index (χ3v) is 3.95. The zero-order chi connectivity index (χ0) is 13.1. The number of amides is 1. The minimum Gasteiger partial charge on any atom is -0.368 e. The predicted octanol–water partition coefficient (Wildman–Crippen LogP) is 0.453. The van der Waals surface area contributed by atoms with Crippen LogP contribution in [0.15, 0.2) is 27.6 Å². The molecule has 0 unspecified atom stereocenters. The van der Waals surface area contributed by atoms with Gasteiger partial charge in [0, 0.05) is 4.47 Å². The summed E-state index contributed by atoms with van der Waals surface area (Å²) >= 11 is 3.14. The topological polar surface area (TPSA) is 98.5 Å². The van der Waals surface area contributed by atoms with Crippen molar-refractivity contribution in [2.75, 3.05) is 6.61 Å². The number of carbonyl (C=O) groups excluding carboxylic acids is 1. The van der Waals surface area contributed by atoms with E-state index >= 15 is 0 Å². The Bertz CT molecular complexity index is 530. The van der Waals surface area contributed by atoms with Gasteiger partial charge in [-0.2, -0.15) is 0 Å². The summed E-state index contributed by atoms with van der Waals surface area (Å²) in [5, 5.41) is 0. The molecular formula is C9H11BrN2O4S. The van der Waals surface area contributed by atoms with Crippen molar-refractivity contribution in [3.05, 3.63) is 28.2 Å². The Balaban J connectivity index is 2.86. The second-order valence-corrected chi connectivity index (χ2v) is 5.74. The fraction of sp³-hybridized carbons (Fsp3) is 0.222. The first-order chi connectivity index (χ1) is 7.83. The molecule has 1 rings (SSSR count). The molecule has 6 nitrogen and oxygen atoms in total. The molecular weight excluding hydrogens is 312 g/mol. The molecule has 0 aliphatic rings. The van der Waals surface area contributed by atoms with E-state index < -0.39 is 22.5 Å². The van der Waals surface area contributed by atoms with E-state index in [-0.39, 0.29) is 4.90 Å². The maximum Gasteiger partial charge on any atom is 0.263 e. The zero-order valence-corrected chi connectivity index (χ0v) is 11.3. The van der Waals surface area contributed by atoms with Gasteiger partial charge in [0.1, 0.15) is 6.61 Å². The molecule has 0 aliphatic carbocycles. The van der Waals surface area contributed by atoms with Crippen LogP contribution in [0.25, 0.3) is 0 Å². The molecule has 8 heteroatoms. The number of hydrogen-bond donors (Lipinski definition) is 2. The number of rotatable bonds is 5. The van der Waals surface area contributed by atoms with Gasteiger partial charge in [-0.1, -0.05) is 11.0 Å². The van der Waals surface area contributed by atoms with Crippen molar-refractivity contribution >= 4 is 31.9 Å². The maximum absolute atomic E-state index is 11.7. The van der Waals surface area contributed by atoms with Crippen LogP contribution in [-0.4, -0.2) is 20.9 Å². The highest BCUT2D eigenvalue weighted by Crippen LogP contribution is 2.22. The SMILES string of the molecule is Cc1ccc(S(=O)(=O)NOCC(N)=O)c(Br)c1. The van der Waals surface area contributed by atoms with Gasteiger partial charge in [-0.25, -0.2) is 8.42 Å². The summed E-state index contributed by atoms with van der Waals surface area (Å²) in [6, 6.07) is 4.73. The first kappa shape index (κ1) is 14.1. The molecule has 0 atom stereocenters. The smallest absolute Gasteiger partial charge is 0.263 e. The van der Waals surface area contributed by atoms with E-state index in [4.69, 9.17) is 5.73 Å². The molecule has 0 saturated heterocycles. The van der Waals surface area contributed by atoms with E-state index in [1.807, 2.05) is 11.8 Å². The Hall–Kier alpha value is -0.960. The van der Waals surface area contributed by atoms with Crippen molar-refractivity contribution in [2.45, 2.75) is 11.8 Å².